The van der Waals surface area contributed by atoms with Crippen molar-refractivity contribution in [3.63, 3.8) is 0 Å². The molecule has 0 bridgehead atoms. The predicted molar refractivity (Wildman–Crippen MR) is 62.7 cm³/mol. The summed E-state index contributed by atoms with van der Waals surface area (Å²) < 4.78 is 0. The minimum absolute atomic E-state index is 0.0514. The van der Waals surface area contributed by atoms with Crippen LogP contribution < -0.4 is 0 Å². The minimum atomic E-state index is -0.139. The number of carbonyl (C=O) groups excluding carboxylic acids is 2. The van der Waals surface area contributed by atoms with Crippen molar-refractivity contribution >= 4 is 23.2 Å². The molecule has 0 aromatic heterocycles. The van der Waals surface area contributed by atoms with Gasteiger partial charge in [-0.25, -0.2) is 0 Å². The first-order valence-electron chi connectivity index (χ1n) is 5.48. The molecule has 1 aromatic rings. The molecule has 16 heavy (non-hydrogen) atoms. The zero-order chi connectivity index (χ0) is 11.5. The van der Waals surface area contributed by atoms with E-state index in [0.29, 0.717) is 23.4 Å². The summed E-state index contributed by atoms with van der Waals surface area (Å²) in [4.78, 5) is 23.4. The molecule has 0 radical (unpaired) electrons. The van der Waals surface area contributed by atoms with Crippen molar-refractivity contribution in [3.8, 4) is 0 Å². The number of hydrogen-bond donors (Lipinski definition) is 0. The van der Waals surface area contributed by atoms with Crippen molar-refractivity contribution < 1.29 is 9.59 Å². The van der Waals surface area contributed by atoms with E-state index in [1.54, 1.807) is 24.3 Å². The molecule has 0 aliphatic heterocycles. The van der Waals surface area contributed by atoms with E-state index in [0.717, 1.165) is 12.8 Å². The van der Waals surface area contributed by atoms with Gasteiger partial charge in [0.2, 0.25) is 0 Å². The zero-order valence-electron chi connectivity index (χ0n) is 8.91. The molecular weight excluding hydrogens is 224 g/mol. The van der Waals surface area contributed by atoms with E-state index in [1.165, 1.54) is 0 Å². The van der Waals surface area contributed by atoms with Gasteiger partial charge >= 0.3 is 0 Å². The second-order valence-electron chi connectivity index (χ2n) is 4.21. The van der Waals surface area contributed by atoms with Gasteiger partial charge in [0.15, 0.2) is 5.78 Å². The van der Waals surface area contributed by atoms with E-state index < -0.39 is 0 Å². The summed E-state index contributed by atoms with van der Waals surface area (Å²) in [6, 6.07) is 6.93. The van der Waals surface area contributed by atoms with E-state index in [-0.39, 0.29) is 17.5 Å². The van der Waals surface area contributed by atoms with Gasteiger partial charge in [-0.15, -0.1) is 0 Å². The lowest BCUT2D eigenvalue weighted by atomic mass is 9.83. The molecule has 1 aliphatic rings. The van der Waals surface area contributed by atoms with E-state index in [4.69, 9.17) is 11.6 Å². The van der Waals surface area contributed by atoms with Crippen LogP contribution in [0.15, 0.2) is 24.3 Å². The van der Waals surface area contributed by atoms with E-state index >= 15 is 0 Å². The molecule has 84 valence electrons. The van der Waals surface area contributed by atoms with Crippen LogP contribution in [0.3, 0.4) is 0 Å². The van der Waals surface area contributed by atoms with Gasteiger partial charge in [-0.05, 0) is 25.0 Å². The molecule has 0 spiro atoms. The van der Waals surface area contributed by atoms with Crippen molar-refractivity contribution in [2.75, 3.05) is 0 Å². The first-order valence-corrected chi connectivity index (χ1v) is 5.86. The number of halogens is 1. The quantitative estimate of drug-likeness (QED) is 0.739. The van der Waals surface area contributed by atoms with Crippen LogP contribution in [0.25, 0.3) is 0 Å². The summed E-state index contributed by atoms with van der Waals surface area (Å²) in [5.74, 6) is 0.113. The Morgan fingerprint density at radius 1 is 1.38 bits per heavy atom. The molecule has 1 aromatic carbocycles. The van der Waals surface area contributed by atoms with Gasteiger partial charge in [0.05, 0.1) is 0 Å². The van der Waals surface area contributed by atoms with Gasteiger partial charge in [-0.1, -0.05) is 23.7 Å². The Labute approximate surface area is 99.6 Å². The maximum atomic E-state index is 12.1. The van der Waals surface area contributed by atoms with Crippen molar-refractivity contribution in [2.24, 2.45) is 5.92 Å². The molecule has 1 atom stereocenters. The number of hydrogen-bond acceptors (Lipinski definition) is 2. The molecule has 3 heteroatoms. The van der Waals surface area contributed by atoms with Crippen LogP contribution in [-0.4, -0.2) is 11.6 Å². The molecular formula is C13H13ClO2. The summed E-state index contributed by atoms with van der Waals surface area (Å²) in [7, 11) is 0. The van der Waals surface area contributed by atoms with Gasteiger partial charge < -0.3 is 0 Å². The third-order valence-electron chi connectivity index (χ3n) is 2.96. The van der Waals surface area contributed by atoms with Crippen LogP contribution in [0.1, 0.15) is 36.0 Å². The van der Waals surface area contributed by atoms with Crippen molar-refractivity contribution in [2.45, 2.75) is 25.7 Å². The predicted octanol–water partition coefficient (Wildman–Crippen LogP) is 3.28. The average Bonchev–Trinajstić information content (AvgIpc) is 2.28. The molecule has 0 amide bonds. The largest absolute Gasteiger partial charge is 0.300 e. The Bertz CT molecular complexity index is 426. The maximum absolute atomic E-state index is 12.1. The monoisotopic (exact) mass is 236 g/mol. The molecule has 2 rings (SSSR count). The number of ketones is 2. The third kappa shape index (κ3) is 2.50. The van der Waals surface area contributed by atoms with Gasteiger partial charge in [0.1, 0.15) is 5.78 Å². The van der Waals surface area contributed by atoms with Crippen LogP contribution in [0, 0.1) is 5.92 Å². The molecule has 2 nitrogen and oxygen atoms in total. The smallest absolute Gasteiger partial charge is 0.166 e. The SMILES string of the molecule is O=C1CCCC(C(=O)c2cccc(Cl)c2)C1. The van der Waals surface area contributed by atoms with Gasteiger partial charge in [0, 0.05) is 29.3 Å². The maximum Gasteiger partial charge on any atom is 0.166 e. The lowest BCUT2D eigenvalue weighted by molar-refractivity contribution is -0.121. The van der Waals surface area contributed by atoms with Crippen LogP contribution in [0.5, 0.6) is 0 Å². The Balaban J connectivity index is 2.15. The fourth-order valence-electron chi connectivity index (χ4n) is 2.13. The van der Waals surface area contributed by atoms with Crippen molar-refractivity contribution in [3.05, 3.63) is 34.9 Å². The van der Waals surface area contributed by atoms with Crippen LogP contribution >= 0.6 is 11.6 Å². The fraction of sp³-hybridized carbons (Fsp3) is 0.385. The summed E-state index contributed by atoms with van der Waals surface area (Å²) >= 11 is 5.84. The Hall–Kier alpha value is -1.15. The molecule has 1 fully saturated rings. The summed E-state index contributed by atoms with van der Waals surface area (Å²) in [6.07, 6.45) is 2.66. The highest BCUT2D eigenvalue weighted by molar-refractivity contribution is 6.31. The molecule has 0 heterocycles. The van der Waals surface area contributed by atoms with E-state index in [9.17, 15) is 9.59 Å². The van der Waals surface area contributed by atoms with E-state index in [1.807, 2.05) is 0 Å². The normalized spacial score (nSPS) is 20.8. The second kappa shape index (κ2) is 4.79. The Morgan fingerprint density at radius 3 is 2.88 bits per heavy atom. The molecule has 0 N–H and O–H groups in total. The summed E-state index contributed by atoms with van der Waals surface area (Å²) in [6.45, 7) is 0. The summed E-state index contributed by atoms with van der Waals surface area (Å²) in [5.41, 5.74) is 0.618. The first kappa shape index (κ1) is 11.3. The molecule has 1 aliphatic carbocycles. The number of rotatable bonds is 2. The van der Waals surface area contributed by atoms with Gasteiger partial charge in [-0.3, -0.25) is 9.59 Å². The first-order chi connectivity index (χ1) is 7.66. The topological polar surface area (TPSA) is 34.1 Å². The highest BCUT2D eigenvalue weighted by Gasteiger charge is 2.26. The fourth-order valence-corrected chi connectivity index (χ4v) is 2.32. The standard InChI is InChI=1S/C13H13ClO2/c14-11-5-1-3-9(7-11)13(16)10-4-2-6-12(15)8-10/h1,3,5,7,10H,2,4,6,8H2. The molecule has 1 unspecified atom stereocenters. The van der Waals surface area contributed by atoms with Crippen LogP contribution in [0.2, 0.25) is 5.02 Å². The lowest BCUT2D eigenvalue weighted by Gasteiger charge is -2.19. The molecule has 1 saturated carbocycles. The van der Waals surface area contributed by atoms with Crippen molar-refractivity contribution in [1.29, 1.82) is 0 Å². The number of carbonyl (C=O) groups is 2. The minimum Gasteiger partial charge on any atom is -0.300 e. The Kier molecular flexibility index (Phi) is 3.39. The average molecular weight is 237 g/mol. The highest BCUT2D eigenvalue weighted by Crippen LogP contribution is 2.25. The number of benzene rings is 1. The highest BCUT2D eigenvalue weighted by atomic mass is 35.5. The summed E-state index contributed by atoms with van der Waals surface area (Å²) in [5, 5.41) is 0.563. The van der Waals surface area contributed by atoms with Crippen LogP contribution in [-0.2, 0) is 4.79 Å². The third-order valence-corrected chi connectivity index (χ3v) is 3.20. The van der Waals surface area contributed by atoms with Crippen LogP contribution in [0.4, 0.5) is 0 Å². The Morgan fingerprint density at radius 2 is 2.19 bits per heavy atom. The van der Waals surface area contributed by atoms with E-state index in [2.05, 4.69) is 0 Å². The molecule has 0 saturated heterocycles. The van der Waals surface area contributed by atoms with Gasteiger partial charge in [-0.2, -0.15) is 0 Å². The zero-order valence-corrected chi connectivity index (χ0v) is 9.67. The van der Waals surface area contributed by atoms with Gasteiger partial charge in [0.25, 0.3) is 0 Å². The second-order valence-corrected chi connectivity index (χ2v) is 4.64. The number of Topliss-reactive ketones (excluding diaryl/α,β-unsaturated/α-hetero) is 2. The lowest BCUT2D eigenvalue weighted by Crippen LogP contribution is -2.22. The van der Waals surface area contributed by atoms with Crippen molar-refractivity contribution in [1.82, 2.24) is 0 Å².